The molecule has 3 rings (SSSR count). The molecule has 0 aliphatic heterocycles. The molecule has 0 aliphatic carbocycles. The highest BCUT2D eigenvalue weighted by atomic mass is 16.3. The van der Waals surface area contributed by atoms with Crippen molar-refractivity contribution < 1.29 is 9.21 Å². The molecule has 3 aromatic rings. The largest absolute Gasteiger partial charge is 0.451 e. The molecule has 1 amide bonds. The minimum absolute atomic E-state index is 0.00426. The van der Waals surface area contributed by atoms with Crippen LogP contribution >= 0.6 is 0 Å². The van der Waals surface area contributed by atoms with Gasteiger partial charge in [-0.2, -0.15) is 0 Å². The van der Waals surface area contributed by atoms with Crippen molar-refractivity contribution in [2.45, 2.75) is 13.8 Å². The van der Waals surface area contributed by atoms with Crippen LogP contribution in [0.3, 0.4) is 0 Å². The minimum Gasteiger partial charge on any atom is -0.451 e. The van der Waals surface area contributed by atoms with Gasteiger partial charge in [-0.25, -0.2) is 0 Å². The van der Waals surface area contributed by atoms with E-state index in [2.05, 4.69) is 5.32 Å². The third-order valence-electron chi connectivity index (χ3n) is 3.50. The first-order valence-corrected chi connectivity index (χ1v) is 6.96. The summed E-state index contributed by atoms with van der Waals surface area (Å²) in [6, 6.07) is 14.0. The van der Waals surface area contributed by atoms with Crippen molar-refractivity contribution in [1.82, 2.24) is 0 Å². The van der Waals surface area contributed by atoms with E-state index >= 15 is 0 Å². The van der Waals surface area contributed by atoms with Gasteiger partial charge in [-0.3, -0.25) is 9.59 Å². The summed E-state index contributed by atoms with van der Waals surface area (Å²) in [6.07, 6.45) is 0. The maximum atomic E-state index is 12.3. The fourth-order valence-electron chi connectivity index (χ4n) is 2.28. The molecule has 1 N–H and O–H groups in total. The highest BCUT2D eigenvalue weighted by molar-refractivity contribution is 6.03. The molecule has 0 aliphatic rings. The normalized spacial score (nSPS) is 10.6. The van der Waals surface area contributed by atoms with Gasteiger partial charge >= 0.3 is 0 Å². The fraction of sp³-hybridized carbons (Fsp3) is 0.111. The monoisotopic (exact) mass is 293 g/mol. The van der Waals surface area contributed by atoms with Gasteiger partial charge in [0.2, 0.25) is 0 Å². The van der Waals surface area contributed by atoms with Crippen molar-refractivity contribution in [3.05, 3.63) is 75.6 Å². The van der Waals surface area contributed by atoms with Crippen LogP contribution in [0.1, 0.15) is 21.7 Å². The second-order valence-corrected chi connectivity index (χ2v) is 5.24. The number of hydrogen-bond acceptors (Lipinski definition) is 3. The zero-order valence-electron chi connectivity index (χ0n) is 12.3. The summed E-state index contributed by atoms with van der Waals surface area (Å²) in [5.74, 6) is -0.432. The molecular weight excluding hydrogens is 278 g/mol. The second kappa shape index (κ2) is 5.48. The molecule has 110 valence electrons. The summed E-state index contributed by atoms with van der Waals surface area (Å²) in [5.41, 5.74) is 2.79. The van der Waals surface area contributed by atoms with Gasteiger partial charge in [0.1, 0.15) is 5.58 Å². The molecule has 4 nitrogen and oxygen atoms in total. The van der Waals surface area contributed by atoms with Crippen LogP contribution in [0.2, 0.25) is 0 Å². The smallest absolute Gasteiger partial charge is 0.291 e. The van der Waals surface area contributed by atoms with E-state index in [1.165, 1.54) is 6.07 Å². The molecule has 1 aromatic heterocycles. The Hall–Kier alpha value is -2.88. The summed E-state index contributed by atoms with van der Waals surface area (Å²) in [5, 5.41) is 3.24. The van der Waals surface area contributed by atoms with Gasteiger partial charge in [-0.05, 0) is 37.6 Å². The van der Waals surface area contributed by atoms with Crippen molar-refractivity contribution in [1.29, 1.82) is 0 Å². The predicted octanol–water partition coefficient (Wildman–Crippen LogP) is 3.66. The van der Waals surface area contributed by atoms with Gasteiger partial charge in [0.25, 0.3) is 5.91 Å². The fourth-order valence-corrected chi connectivity index (χ4v) is 2.28. The number of para-hydroxylation sites is 1. The minimum atomic E-state index is -0.436. The molecule has 0 radical (unpaired) electrons. The van der Waals surface area contributed by atoms with Gasteiger partial charge < -0.3 is 9.73 Å². The van der Waals surface area contributed by atoms with E-state index in [0.29, 0.717) is 16.7 Å². The first-order valence-electron chi connectivity index (χ1n) is 6.96. The van der Waals surface area contributed by atoms with E-state index in [4.69, 9.17) is 4.42 Å². The van der Waals surface area contributed by atoms with Crippen LogP contribution in [-0.4, -0.2) is 5.91 Å². The lowest BCUT2D eigenvalue weighted by Gasteiger charge is -2.08. The van der Waals surface area contributed by atoms with E-state index < -0.39 is 5.91 Å². The Morgan fingerprint density at radius 1 is 1.05 bits per heavy atom. The summed E-state index contributed by atoms with van der Waals surface area (Å²) < 4.78 is 5.56. The number of carbonyl (C=O) groups is 1. The predicted molar refractivity (Wildman–Crippen MR) is 86.4 cm³/mol. The Bertz CT molecular complexity index is 925. The van der Waals surface area contributed by atoms with Gasteiger partial charge in [0.15, 0.2) is 11.2 Å². The lowest BCUT2D eigenvalue weighted by Crippen LogP contribution is -2.15. The SMILES string of the molecule is Cc1ccc2oc(C(=O)Nc3ccccc3C)cc(=O)c2c1. The average molecular weight is 293 g/mol. The molecule has 22 heavy (non-hydrogen) atoms. The van der Waals surface area contributed by atoms with E-state index in [0.717, 1.165) is 11.1 Å². The van der Waals surface area contributed by atoms with Crippen molar-refractivity contribution in [2.24, 2.45) is 0 Å². The molecule has 0 saturated carbocycles. The maximum absolute atomic E-state index is 12.3. The van der Waals surface area contributed by atoms with E-state index in [-0.39, 0.29) is 11.2 Å². The lowest BCUT2D eigenvalue weighted by molar-refractivity contribution is 0.0997. The van der Waals surface area contributed by atoms with Gasteiger partial charge in [0.05, 0.1) is 5.39 Å². The Labute approximate surface area is 127 Å². The molecule has 1 heterocycles. The lowest BCUT2D eigenvalue weighted by atomic mass is 10.1. The zero-order chi connectivity index (χ0) is 15.7. The number of aryl methyl sites for hydroxylation is 2. The van der Waals surface area contributed by atoms with Crippen molar-refractivity contribution in [2.75, 3.05) is 5.32 Å². The number of fused-ring (bicyclic) bond motifs is 1. The Morgan fingerprint density at radius 3 is 2.59 bits per heavy atom. The number of anilines is 1. The first kappa shape index (κ1) is 14.1. The second-order valence-electron chi connectivity index (χ2n) is 5.24. The number of amides is 1. The summed E-state index contributed by atoms with van der Waals surface area (Å²) in [7, 11) is 0. The molecule has 2 aromatic carbocycles. The van der Waals surface area contributed by atoms with Crippen LogP contribution in [0.4, 0.5) is 5.69 Å². The molecule has 4 heteroatoms. The number of carbonyl (C=O) groups excluding carboxylic acids is 1. The van der Waals surface area contributed by atoms with Crippen LogP contribution in [0.25, 0.3) is 11.0 Å². The van der Waals surface area contributed by atoms with E-state index in [1.54, 1.807) is 18.2 Å². The highest BCUT2D eigenvalue weighted by Gasteiger charge is 2.13. The van der Waals surface area contributed by atoms with Crippen LogP contribution in [0.15, 0.2) is 57.7 Å². The summed E-state index contributed by atoms with van der Waals surface area (Å²) in [6.45, 7) is 3.80. The number of nitrogens with one attached hydrogen (secondary N) is 1. The van der Waals surface area contributed by atoms with Gasteiger partial charge in [0, 0.05) is 11.8 Å². The summed E-state index contributed by atoms with van der Waals surface area (Å²) in [4.78, 5) is 24.4. The van der Waals surface area contributed by atoms with Gasteiger partial charge in [-0.15, -0.1) is 0 Å². The molecular formula is C18H15NO3. The number of hydrogen-bond donors (Lipinski definition) is 1. The quantitative estimate of drug-likeness (QED) is 0.784. The molecule has 0 unspecified atom stereocenters. The standard InChI is InChI=1S/C18H15NO3/c1-11-7-8-16-13(9-11)15(20)10-17(22-16)18(21)19-14-6-4-3-5-12(14)2/h3-10H,1-2H3,(H,19,21). The van der Waals surface area contributed by atoms with Crippen molar-refractivity contribution >= 4 is 22.6 Å². The Balaban J connectivity index is 2.00. The Kier molecular flexibility index (Phi) is 3.51. The number of rotatable bonds is 2. The van der Waals surface area contributed by atoms with Crippen molar-refractivity contribution in [3.63, 3.8) is 0 Å². The third-order valence-corrected chi connectivity index (χ3v) is 3.50. The van der Waals surface area contributed by atoms with E-state index in [1.807, 2.05) is 38.1 Å². The van der Waals surface area contributed by atoms with Crippen LogP contribution in [0, 0.1) is 13.8 Å². The topological polar surface area (TPSA) is 59.3 Å². The number of benzene rings is 2. The molecule has 0 atom stereocenters. The van der Waals surface area contributed by atoms with Crippen molar-refractivity contribution in [3.8, 4) is 0 Å². The van der Waals surface area contributed by atoms with Gasteiger partial charge in [-0.1, -0.05) is 29.8 Å². The molecule has 0 bridgehead atoms. The van der Waals surface area contributed by atoms with Crippen LogP contribution in [-0.2, 0) is 0 Å². The maximum Gasteiger partial charge on any atom is 0.291 e. The zero-order valence-corrected chi connectivity index (χ0v) is 12.3. The average Bonchev–Trinajstić information content (AvgIpc) is 2.50. The first-order chi connectivity index (χ1) is 10.5. The van der Waals surface area contributed by atoms with Crippen LogP contribution in [0.5, 0.6) is 0 Å². The molecule has 0 saturated heterocycles. The Morgan fingerprint density at radius 2 is 1.82 bits per heavy atom. The van der Waals surface area contributed by atoms with E-state index in [9.17, 15) is 9.59 Å². The summed E-state index contributed by atoms with van der Waals surface area (Å²) >= 11 is 0. The molecule has 0 spiro atoms. The van der Waals surface area contributed by atoms with Crippen LogP contribution < -0.4 is 10.7 Å². The molecule has 0 fully saturated rings. The third kappa shape index (κ3) is 2.63. The highest BCUT2D eigenvalue weighted by Crippen LogP contribution is 2.17.